The minimum Gasteiger partial charge on any atom is -0.311 e. The largest absolute Gasteiger partial charge is 0.311 e. The average Bonchev–Trinajstić information content (AvgIpc) is 2.64. The van der Waals surface area contributed by atoms with Crippen LogP contribution in [-0.4, -0.2) is 24.3 Å². The third kappa shape index (κ3) is 4.60. The number of benzene rings is 1. The van der Waals surface area contributed by atoms with Crippen LogP contribution in [0.4, 0.5) is 11.5 Å². The molecule has 0 fully saturated rings. The van der Waals surface area contributed by atoms with Crippen molar-refractivity contribution in [3.05, 3.63) is 66.1 Å². The first-order valence-electron chi connectivity index (χ1n) is 7.82. The molecule has 0 aliphatic rings. The summed E-state index contributed by atoms with van der Waals surface area (Å²) in [7, 11) is -3.79. The molecule has 27 heavy (non-hydrogen) atoms. The van der Waals surface area contributed by atoms with Crippen molar-refractivity contribution in [3.8, 4) is 11.1 Å². The van der Waals surface area contributed by atoms with Crippen LogP contribution in [0, 0.1) is 0 Å². The summed E-state index contributed by atoms with van der Waals surface area (Å²) in [6.07, 6.45) is 3.06. The smallest absolute Gasteiger partial charge is 0.261 e. The fraction of sp³-hybridized carbons (Fsp3) is 0.0556. The Balaban J connectivity index is 1.90. The first-order valence-corrected chi connectivity index (χ1v) is 9.69. The van der Waals surface area contributed by atoms with E-state index in [9.17, 15) is 13.2 Å². The van der Waals surface area contributed by atoms with Gasteiger partial charge in [-0.25, -0.2) is 18.4 Å². The summed E-state index contributed by atoms with van der Waals surface area (Å²) in [5.41, 5.74) is 1.46. The van der Waals surface area contributed by atoms with Gasteiger partial charge in [0, 0.05) is 30.4 Å². The van der Waals surface area contributed by atoms with Gasteiger partial charge in [-0.15, -0.1) is 0 Å². The van der Waals surface area contributed by atoms with Crippen molar-refractivity contribution in [2.75, 3.05) is 10.0 Å². The molecule has 7 nitrogen and oxygen atoms in total. The topological polar surface area (TPSA) is 101 Å². The maximum absolute atomic E-state index is 12.5. The van der Waals surface area contributed by atoms with E-state index in [2.05, 4.69) is 20.0 Å². The highest BCUT2D eigenvalue weighted by Gasteiger charge is 2.16. The molecule has 0 aliphatic carbocycles. The predicted molar refractivity (Wildman–Crippen MR) is 104 cm³/mol. The van der Waals surface area contributed by atoms with E-state index in [4.69, 9.17) is 11.6 Å². The van der Waals surface area contributed by atoms with Gasteiger partial charge >= 0.3 is 0 Å². The Bertz CT molecular complexity index is 1070. The molecule has 0 radical (unpaired) electrons. The molecule has 2 heterocycles. The second kappa shape index (κ2) is 7.73. The Labute approximate surface area is 161 Å². The van der Waals surface area contributed by atoms with Crippen LogP contribution in [0.3, 0.4) is 0 Å². The number of nitrogens with one attached hydrogen (secondary N) is 2. The fourth-order valence-corrected chi connectivity index (χ4v) is 3.58. The molecule has 0 unspecified atom stereocenters. The predicted octanol–water partition coefficient (Wildman–Crippen LogP) is 3.56. The maximum atomic E-state index is 12.5. The number of carbonyl (C=O) groups is 1. The summed E-state index contributed by atoms with van der Waals surface area (Å²) >= 11 is 6.06. The third-order valence-electron chi connectivity index (χ3n) is 3.54. The van der Waals surface area contributed by atoms with Crippen LogP contribution < -0.4 is 10.0 Å². The monoisotopic (exact) mass is 402 g/mol. The van der Waals surface area contributed by atoms with Crippen LogP contribution in [0.1, 0.15) is 6.92 Å². The molecule has 0 bridgehead atoms. The van der Waals surface area contributed by atoms with Crippen molar-refractivity contribution >= 4 is 39.0 Å². The van der Waals surface area contributed by atoms with Crippen molar-refractivity contribution < 1.29 is 13.2 Å². The van der Waals surface area contributed by atoms with Crippen LogP contribution >= 0.6 is 11.6 Å². The van der Waals surface area contributed by atoms with E-state index in [1.54, 1.807) is 42.6 Å². The molecule has 138 valence electrons. The van der Waals surface area contributed by atoms with Crippen LogP contribution in [0.15, 0.2) is 65.8 Å². The van der Waals surface area contributed by atoms with Crippen molar-refractivity contribution in [1.82, 2.24) is 9.97 Å². The lowest BCUT2D eigenvalue weighted by molar-refractivity contribution is -0.114. The van der Waals surface area contributed by atoms with Gasteiger partial charge in [-0.3, -0.25) is 9.52 Å². The first kappa shape index (κ1) is 18.8. The second-order valence-electron chi connectivity index (χ2n) is 5.59. The lowest BCUT2D eigenvalue weighted by Gasteiger charge is -2.11. The van der Waals surface area contributed by atoms with Gasteiger partial charge in [0.2, 0.25) is 5.91 Å². The summed E-state index contributed by atoms with van der Waals surface area (Å²) in [5, 5.41) is 2.60. The number of carbonyl (C=O) groups excluding carboxylic acids is 1. The van der Waals surface area contributed by atoms with Gasteiger partial charge in [0.1, 0.15) is 5.82 Å². The standard InChI is InChI=1S/C18H15ClN4O3S/c1-12(24)22-17-8-7-13(10-20-17)14-9-16(18(19)21-11-14)23-27(25,26)15-5-3-2-4-6-15/h2-11,23H,1H3,(H,20,22,24). The highest BCUT2D eigenvalue weighted by Crippen LogP contribution is 2.28. The summed E-state index contributed by atoms with van der Waals surface area (Å²) in [4.78, 5) is 19.4. The van der Waals surface area contributed by atoms with Crippen LogP contribution in [-0.2, 0) is 14.8 Å². The van der Waals surface area contributed by atoms with Gasteiger partial charge < -0.3 is 5.32 Å². The minimum absolute atomic E-state index is 0.0288. The SMILES string of the molecule is CC(=O)Nc1ccc(-c2cnc(Cl)c(NS(=O)(=O)c3ccccc3)c2)cn1. The molecule has 3 aromatic rings. The average molecular weight is 403 g/mol. The van der Waals surface area contributed by atoms with E-state index in [1.807, 2.05) is 0 Å². The number of aromatic nitrogens is 2. The Morgan fingerprint density at radius 1 is 1.00 bits per heavy atom. The normalized spacial score (nSPS) is 11.0. The van der Waals surface area contributed by atoms with Gasteiger partial charge in [-0.1, -0.05) is 29.8 Å². The molecule has 1 amide bonds. The molecule has 0 atom stereocenters. The molecule has 9 heteroatoms. The fourth-order valence-electron chi connectivity index (χ4n) is 2.30. The van der Waals surface area contributed by atoms with E-state index in [1.165, 1.54) is 25.3 Å². The van der Waals surface area contributed by atoms with Gasteiger partial charge in [0.25, 0.3) is 10.0 Å². The molecule has 0 spiro atoms. The molecule has 0 saturated heterocycles. The summed E-state index contributed by atoms with van der Waals surface area (Å²) in [6, 6.07) is 12.9. The Morgan fingerprint density at radius 3 is 2.33 bits per heavy atom. The lowest BCUT2D eigenvalue weighted by Crippen LogP contribution is -2.13. The van der Waals surface area contributed by atoms with Crippen LogP contribution in [0.5, 0.6) is 0 Å². The molecule has 0 saturated carbocycles. The number of pyridine rings is 2. The van der Waals surface area contributed by atoms with E-state index in [0.29, 0.717) is 16.9 Å². The van der Waals surface area contributed by atoms with E-state index in [-0.39, 0.29) is 21.6 Å². The number of hydrogen-bond donors (Lipinski definition) is 2. The summed E-state index contributed by atoms with van der Waals surface area (Å²) < 4.78 is 27.4. The highest BCUT2D eigenvalue weighted by atomic mass is 35.5. The number of amides is 1. The second-order valence-corrected chi connectivity index (χ2v) is 7.63. The minimum atomic E-state index is -3.79. The number of nitrogens with zero attached hydrogens (tertiary/aromatic N) is 2. The van der Waals surface area contributed by atoms with Crippen molar-refractivity contribution in [2.45, 2.75) is 11.8 Å². The number of hydrogen-bond acceptors (Lipinski definition) is 5. The maximum Gasteiger partial charge on any atom is 0.261 e. The van der Waals surface area contributed by atoms with Gasteiger partial charge in [-0.2, -0.15) is 0 Å². The molecule has 3 rings (SSSR count). The molecular formula is C18H15ClN4O3S. The highest BCUT2D eigenvalue weighted by molar-refractivity contribution is 7.92. The number of halogens is 1. The Kier molecular flexibility index (Phi) is 5.38. The Hall–Kier alpha value is -2.97. The lowest BCUT2D eigenvalue weighted by atomic mass is 10.1. The number of sulfonamides is 1. The molecular weight excluding hydrogens is 388 g/mol. The van der Waals surface area contributed by atoms with Crippen molar-refractivity contribution in [1.29, 1.82) is 0 Å². The van der Waals surface area contributed by atoms with Gasteiger partial charge in [0.15, 0.2) is 5.15 Å². The Morgan fingerprint density at radius 2 is 1.70 bits per heavy atom. The third-order valence-corrected chi connectivity index (χ3v) is 5.22. The zero-order valence-corrected chi connectivity index (χ0v) is 15.8. The van der Waals surface area contributed by atoms with Crippen molar-refractivity contribution in [3.63, 3.8) is 0 Å². The number of anilines is 2. The zero-order chi connectivity index (χ0) is 19.4. The molecule has 0 aliphatic heterocycles. The van der Waals surface area contributed by atoms with Gasteiger partial charge in [-0.05, 0) is 30.3 Å². The van der Waals surface area contributed by atoms with Gasteiger partial charge in [0.05, 0.1) is 10.6 Å². The summed E-state index contributed by atoms with van der Waals surface area (Å²) in [5.74, 6) is 0.194. The van der Waals surface area contributed by atoms with Crippen LogP contribution in [0.2, 0.25) is 5.15 Å². The molecule has 2 aromatic heterocycles. The van der Waals surface area contributed by atoms with Crippen molar-refractivity contribution in [2.24, 2.45) is 0 Å². The van der Waals surface area contributed by atoms with E-state index in [0.717, 1.165) is 0 Å². The quantitative estimate of drug-likeness (QED) is 0.635. The summed E-state index contributed by atoms with van der Waals surface area (Å²) in [6.45, 7) is 1.39. The molecule has 2 N–H and O–H groups in total. The zero-order valence-electron chi connectivity index (χ0n) is 14.2. The van der Waals surface area contributed by atoms with Crippen LogP contribution in [0.25, 0.3) is 11.1 Å². The van der Waals surface area contributed by atoms with E-state index >= 15 is 0 Å². The number of rotatable bonds is 5. The van der Waals surface area contributed by atoms with E-state index < -0.39 is 10.0 Å². The first-order chi connectivity index (χ1) is 12.8. The molecule has 1 aromatic carbocycles.